The van der Waals surface area contributed by atoms with E-state index in [4.69, 9.17) is 0 Å². The van der Waals surface area contributed by atoms with Crippen molar-refractivity contribution >= 4 is 15.9 Å². The maximum Gasteiger partial charge on any atom is 0.0209 e. The van der Waals surface area contributed by atoms with Gasteiger partial charge in [-0.05, 0) is 38.2 Å². The summed E-state index contributed by atoms with van der Waals surface area (Å²) in [6.45, 7) is 8.12. The SMILES string of the molecule is C=C(Br)C(C)=C=C(C)C1CCCCC1. The van der Waals surface area contributed by atoms with Crippen molar-refractivity contribution in [2.24, 2.45) is 5.92 Å². The Morgan fingerprint density at radius 3 is 2.29 bits per heavy atom. The molecule has 0 aromatic rings. The summed E-state index contributed by atoms with van der Waals surface area (Å²) < 4.78 is 0.952. The Bertz CT molecular complexity index is 274. The van der Waals surface area contributed by atoms with Gasteiger partial charge in [0.05, 0.1) is 0 Å². The summed E-state index contributed by atoms with van der Waals surface area (Å²) in [6, 6.07) is 0. The fourth-order valence-corrected chi connectivity index (χ4v) is 2.10. The molecule has 0 saturated heterocycles. The zero-order valence-electron chi connectivity index (χ0n) is 9.20. The molecule has 1 fully saturated rings. The highest BCUT2D eigenvalue weighted by Gasteiger charge is 2.14. The third-order valence-corrected chi connectivity index (χ3v) is 3.60. The number of halogens is 1. The van der Waals surface area contributed by atoms with E-state index in [2.05, 4.69) is 42.1 Å². The van der Waals surface area contributed by atoms with E-state index in [1.807, 2.05) is 0 Å². The minimum Gasteiger partial charge on any atom is -0.117 e. The number of hydrogen-bond acceptors (Lipinski definition) is 0. The van der Waals surface area contributed by atoms with Gasteiger partial charge in [0.25, 0.3) is 0 Å². The lowest BCUT2D eigenvalue weighted by molar-refractivity contribution is 0.403. The largest absolute Gasteiger partial charge is 0.117 e. The second-order valence-electron chi connectivity index (χ2n) is 4.17. The normalized spacial score (nSPS) is 17.4. The Morgan fingerprint density at radius 2 is 1.79 bits per heavy atom. The summed E-state index contributed by atoms with van der Waals surface area (Å²) in [5.41, 5.74) is 5.97. The molecule has 0 bridgehead atoms. The molecule has 0 atom stereocenters. The lowest BCUT2D eigenvalue weighted by atomic mass is 9.84. The van der Waals surface area contributed by atoms with Crippen molar-refractivity contribution in [3.8, 4) is 0 Å². The van der Waals surface area contributed by atoms with Gasteiger partial charge in [-0.15, -0.1) is 5.73 Å². The van der Waals surface area contributed by atoms with E-state index in [1.165, 1.54) is 37.7 Å². The van der Waals surface area contributed by atoms with Gasteiger partial charge in [-0.1, -0.05) is 41.8 Å². The molecule has 0 aromatic heterocycles. The molecule has 0 nitrogen and oxygen atoms in total. The van der Waals surface area contributed by atoms with Crippen molar-refractivity contribution in [1.29, 1.82) is 0 Å². The molecule has 0 heterocycles. The van der Waals surface area contributed by atoms with Crippen LogP contribution in [0.4, 0.5) is 0 Å². The Morgan fingerprint density at radius 1 is 1.21 bits per heavy atom. The smallest absolute Gasteiger partial charge is 0.0209 e. The topological polar surface area (TPSA) is 0 Å². The lowest BCUT2D eigenvalue weighted by Gasteiger charge is -2.21. The Hall–Kier alpha value is -0.260. The molecule has 1 saturated carbocycles. The molecule has 0 spiro atoms. The van der Waals surface area contributed by atoms with E-state index in [0.29, 0.717) is 0 Å². The average Bonchev–Trinajstić information content (AvgIpc) is 2.19. The molecule has 0 amide bonds. The van der Waals surface area contributed by atoms with Crippen LogP contribution in [-0.2, 0) is 0 Å². The van der Waals surface area contributed by atoms with Crippen LogP contribution in [-0.4, -0.2) is 0 Å². The standard InChI is InChI=1S/C13H19Br/c1-10(12(3)14)9-11(2)13-7-5-4-6-8-13/h13H,3-8H2,1-2H3. The second kappa shape index (κ2) is 5.58. The van der Waals surface area contributed by atoms with Gasteiger partial charge >= 0.3 is 0 Å². The van der Waals surface area contributed by atoms with Crippen molar-refractivity contribution in [1.82, 2.24) is 0 Å². The van der Waals surface area contributed by atoms with Gasteiger partial charge in [0.2, 0.25) is 0 Å². The first-order chi connectivity index (χ1) is 6.61. The molecule has 0 N–H and O–H groups in total. The molecule has 0 unspecified atom stereocenters. The molecule has 0 aliphatic heterocycles. The first-order valence-corrected chi connectivity index (χ1v) is 6.19. The van der Waals surface area contributed by atoms with E-state index >= 15 is 0 Å². The van der Waals surface area contributed by atoms with E-state index in [0.717, 1.165) is 16.0 Å². The highest BCUT2D eigenvalue weighted by atomic mass is 79.9. The van der Waals surface area contributed by atoms with Gasteiger partial charge in [-0.25, -0.2) is 0 Å². The van der Waals surface area contributed by atoms with Gasteiger partial charge in [-0.2, -0.15) is 0 Å². The van der Waals surface area contributed by atoms with Crippen LogP contribution in [0.3, 0.4) is 0 Å². The number of allylic oxidation sites excluding steroid dienone is 2. The van der Waals surface area contributed by atoms with Crippen LogP contribution >= 0.6 is 15.9 Å². The van der Waals surface area contributed by atoms with Crippen molar-refractivity contribution in [2.45, 2.75) is 46.0 Å². The first kappa shape index (κ1) is 11.8. The van der Waals surface area contributed by atoms with E-state index in [-0.39, 0.29) is 0 Å². The van der Waals surface area contributed by atoms with Crippen LogP contribution in [0.25, 0.3) is 0 Å². The van der Waals surface area contributed by atoms with E-state index in [1.54, 1.807) is 0 Å². The number of hydrogen-bond donors (Lipinski definition) is 0. The summed E-state index contributed by atoms with van der Waals surface area (Å²) in [4.78, 5) is 0. The van der Waals surface area contributed by atoms with Crippen molar-refractivity contribution < 1.29 is 0 Å². The minimum absolute atomic E-state index is 0.769. The van der Waals surface area contributed by atoms with Gasteiger partial charge in [0.1, 0.15) is 0 Å². The van der Waals surface area contributed by atoms with Gasteiger partial charge in [-0.3, -0.25) is 0 Å². The summed E-state index contributed by atoms with van der Waals surface area (Å²) in [6.07, 6.45) is 6.88. The predicted octanol–water partition coefficient (Wildman–Crippen LogP) is 4.97. The van der Waals surface area contributed by atoms with Crippen LogP contribution in [0.2, 0.25) is 0 Å². The summed E-state index contributed by atoms with van der Waals surface area (Å²) in [5, 5.41) is 0. The Balaban J connectivity index is 2.76. The quantitative estimate of drug-likeness (QED) is 0.483. The van der Waals surface area contributed by atoms with Crippen LogP contribution < -0.4 is 0 Å². The summed E-state index contributed by atoms with van der Waals surface area (Å²) in [5.74, 6) is 0.769. The van der Waals surface area contributed by atoms with Crippen LogP contribution in [0.1, 0.15) is 46.0 Å². The van der Waals surface area contributed by atoms with Crippen LogP contribution in [0.15, 0.2) is 27.9 Å². The zero-order valence-corrected chi connectivity index (χ0v) is 10.8. The molecular weight excluding hydrogens is 236 g/mol. The molecule has 78 valence electrons. The summed E-state index contributed by atoms with van der Waals surface area (Å²) in [7, 11) is 0. The molecular formula is C13H19Br. The third-order valence-electron chi connectivity index (χ3n) is 3.01. The average molecular weight is 255 g/mol. The van der Waals surface area contributed by atoms with Crippen LogP contribution in [0.5, 0.6) is 0 Å². The fraction of sp³-hybridized carbons (Fsp3) is 0.615. The van der Waals surface area contributed by atoms with Gasteiger partial charge in [0.15, 0.2) is 0 Å². The highest BCUT2D eigenvalue weighted by molar-refractivity contribution is 9.11. The van der Waals surface area contributed by atoms with Gasteiger partial charge < -0.3 is 0 Å². The van der Waals surface area contributed by atoms with Crippen molar-refractivity contribution in [2.75, 3.05) is 0 Å². The van der Waals surface area contributed by atoms with Crippen LogP contribution in [0, 0.1) is 5.92 Å². The summed E-state index contributed by atoms with van der Waals surface area (Å²) >= 11 is 3.38. The van der Waals surface area contributed by atoms with E-state index in [9.17, 15) is 0 Å². The second-order valence-corrected chi connectivity index (χ2v) is 5.13. The minimum atomic E-state index is 0.769. The molecule has 1 aliphatic carbocycles. The Labute approximate surface area is 95.9 Å². The molecule has 1 rings (SSSR count). The van der Waals surface area contributed by atoms with Crippen molar-refractivity contribution in [3.63, 3.8) is 0 Å². The molecule has 14 heavy (non-hydrogen) atoms. The monoisotopic (exact) mass is 254 g/mol. The van der Waals surface area contributed by atoms with E-state index < -0.39 is 0 Å². The Kier molecular flexibility index (Phi) is 4.71. The maximum atomic E-state index is 3.86. The maximum absolute atomic E-state index is 3.86. The molecule has 0 radical (unpaired) electrons. The van der Waals surface area contributed by atoms with Gasteiger partial charge in [0, 0.05) is 10.1 Å². The molecule has 1 heteroatoms. The number of rotatable bonds is 2. The predicted molar refractivity (Wildman–Crippen MR) is 66.5 cm³/mol. The first-order valence-electron chi connectivity index (χ1n) is 5.40. The fourth-order valence-electron chi connectivity index (χ4n) is 2.00. The highest BCUT2D eigenvalue weighted by Crippen LogP contribution is 2.29. The van der Waals surface area contributed by atoms with Crippen molar-refractivity contribution in [3.05, 3.63) is 27.9 Å². The third kappa shape index (κ3) is 3.48. The zero-order chi connectivity index (χ0) is 10.6. The molecule has 1 aliphatic rings. The molecule has 0 aromatic carbocycles. The lowest BCUT2D eigenvalue weighted by Crippen LogP contribution is -2.06.